The molecule has 0 aliphatic carbocycles. The number of nitrogens with one attached hydrogen (secondary N) is 2. The van der Waals surface area contributed by atoms with Crippen LogP contribution in [0.4, 0.5) is 17.3 Å². The molecular weight excluding hydrogens is 630 g/mol. The third-order valence-electron chi connectivity index (χ3n) is 7.86. The highest BCUT2D eigenvalue weighted by atomic mass is 35.5. The van der Waals surface area contributed by atoms with Crippen LogP contribution in [0.25, 0.3) is 11.3 Å². The van der Waals surface area contributed by atoms with E-state index in [4.69, 9.17) is 16.6 Å². The van der Waals surface area contributed by atoms with Crippen LogP contribution in [-0.4, -0.2) is 87.5 Å². The van der Waals surface area contributed by atoms with Crippen molar-refractivity contribution in [2.45, 2.75) is 38.8 Å². The number of aryl methyl sites for hydroxylation is 1. The van der Waals surface area contributed by atoms with E-state index in [1.165, 1.54) is 5.56 Å². The maximum absolute atomic E-state index is 12.9. The zero-order chi connectivity index (χ0) is 33.6. The minimum absolute atomic E-state index is 0. The summed E-state index contributed by atoms with van der Waals surface area (Å²) in [6.45, 7) is 7.84. The number of unbranched alkanes of at least 4 members (excludes halogenated alkanes) is 1. The molecule has 4 aromatic rings. The first-order chi connectivity index (χ1) is 22.7. The van der Waals surface area contributed by atoms with Crippen molar-refractivity contribution >= 4 is 41.6 Å². The fraction of sp³-hybridized carbons (Fsp3) is 0.343. The number of likely N-dealkylation sites (N-methyl/N-ethyl adjacent to an activating group) is 1. The van der Waals surface area contributed by atoms with Crippen molar-refractivity contribution in [3.63, 3.8) is 0 Å². The van der Waals surface area contributed by atoms with Crippen molar-refractivity contribution in [2.75, 3.05) is 50.4 Å². The van der Waals surface area contributed by atoms with Crippen molar-refractivity contribution in [3.8, 4) is 11.3 Å². The average Bonchev–Trinajstić information content (AvgIpc) is 3.08. The summed E-state index contributed by atoms with van der Waals surface area (Å²) in [6.07, 6.45) is 7.38. The van der Waals surface area contributed by atoms with Crippen molar-refractivity contribution in [3.05, 3.63) is 95.9 Å². The molecule has 0 bridgehead atoms. The summed E-state index contributed by atoms with van der Waals surface area (Å²) in [6, 6.07) is 18.6. The van der Waals surface area contributed by atoms with Crippen molar-refractivity contribution in [1.29, 1.82) is 0 Å². The molecule has 2 aromatic carbocycles. The smallest absolute Gasteiger partial charge is 0.320 e. The van der Waals surface area contributed by atoms with Gasteiger partial charge in [-0.05, 0) is 86.9 Å². The zero-order valence-corrected chi connectivity index (χ0v) is 28.3. The predicted octanol–water partition coefficient (Wildman–Crippen LogP) is 4.54. The molecule has 1 amide bonds. The van der Waals surface area contributed by atoms with Gasteiger partial charge >= 0.3 is 5.97 Å². The number of aromatic nitrogens is 3. The summed E-state index contributed by atoms with van der Waals surface area (Å²) in [4.78, 5) is 41.0. The van der Waals surface area contributed by atoms with Gasteiger partial charge in [-0.1, -0.05) is 24.6 Å². The molecule has 0 radical (unpaired) electrons. The normalized spacial score (nSPS) is 13.8. The van der Waals surface area contributed by atoms with Crippen LogP contribution in [0.5, 0.6) is 0 Å². The number of aliphatic carboxylic acids is 1. The van der Waals surface area contributed by atoms with E-state index in [9.17, 15) is 9.59 Å². The van der Waals surface area contributed by atoms with Crippen LogP contribution in [-0.2, 0) is 11.3 Å². The third kappa shape index (κ3) is 12.0. The summed E-state index contributed by atoms with van der Waals surface area (Å²) < 4.78 is 0. The SMILES string of the molecule is Cc1ccc(NC(=O)c2ccc(CN3CCN(C)CC3)cc2)cc1Nc1nccc(-c2cccnc2)n1.Cl.NCCCCC(N)C(=O)O. The van der Waals surface area contributed by atoms with E-state index in [0.29, 0.717) is 30.2 Å². The standard InChI is InChI=1S/C29H31N7O.C6H14N2O2.ClH/c1-21-5-10-25(18-27(21)34-29-31-13-11-26(33-29)24-4-3-12-30-19-24)32-28(37)23-8-6-22(7-9-23)20-36-16-14-35(2)15-17-36;7-4-2-1-3-5(8)6(9)10;/h3-13,18-19H,14-17,20H2,1-2H3,(H,32,37)(H,31,33,34);5H,1-4,7-8H2,(H,9,10);1H. The Kier molecular flexibility index (Phi) is 15.3. The molecule has 1 unspecified atom stereocenters. The van der Waals surface area contributed by atoms with Gasteiger partial charge in [0.2, 0.25) is 5.95 Å². The van der Waals surface area contributed by atoms with Crippen molar-refractivity contribution < 1.29 is 14.7 Å². The maximum Gasteiger partial charge on any atom is 0.320 e. The number of carboxylic acids is 1. The number of carbonyl (C=O) groups is 2. The molecule has 3 heterocycles. The molecule has 1 saturated heterocycles. The van der Waals surface area contributed by atoms with Gasteiger partial charge in [0.1, 0.15) is 6.04 Å². The molecule has 256 valence electrons. The molecule has 1 fully saturated rings. The fourth-order valence-electron chi connectivity index (χ4n) is 4.91. The van der Waals surface area contributed by atoms with Crippen LogP contribution in [0.1, 0.15) is 40.7 Å². The zero-order valence-electron chi connectivity index (χ0n) is 27.5. The highest BCUT2D eigenvalue weighted by molar-refractivity contribution is 6.04. The van der Waals surface area contributed by atoms with Gasteiger partial charge in [0.25, 0.3) is 5.91 Å². The first-order valence-electron chi connectivity index (χ1n) is 15.8. The lowest BCUT2D eigenvalue weighted by Crippen LogP contribution is -2.43. The largest absolute Gasteiger partial charge is 0.480 e. The van der Waals surface area contributed by atoms with Crippen molar-refractivity contribution in [2.24, 2.45) is 11.5 Å². The highest BCUT2D eigenvalue weighted by Crippen LogP contribution is 2.25. The molecule has 7 N–H and O–H groups in total. The number of hydrogen-bond donors (Lipinski definition) is 5. The van der Waals surface area contributed by atoms with Gasteiger partial charge < -0.3 is 32.1 Å². The van der Waals surface area contributed by atoms with Crippen molar-refractivity contribution in [1.82, 2.24) is 24.8 Å². The summed E-state index contributed by atoms with van der Waals surface area (Å²) in [7, 11) is 2.16. The lowest BCUT2D eigenvalue weighted by Gasteiger charge is -2.32. The van der Waals surface area contributed by atoms with E-state index < -0.39 is 12.0 Å². The number of piperazine rings is 1. The monoisotopic (exact) mass is 675 g/mol. The average molecular weight is 676 g/mol. The first-order valence-corrected chi connectivity index (χ1v) is 15.8. The number of rotatable bonds is 12. The van der Waals surface area contributed by atoms with Crippen LogP contribution >= 0.6 is 12.4 Å². The van der Waals surface area contributed by atoms with Gasteiger partial charge in [-0.15, -0.1) is 12.4 Å². The van der Waals surface area contributed by atoms with E-state index in [-0.39, 0.29) is 18.3 Å². The Morgan fingerprint density at radius 3 is 2.42 bits per heavy atom. The van der Waals surface area contributed by atoms with Crippen LogP contribution in [0, 0.1) is 6.92 Å². The minimum Gasteiger partial charge on any atom is -0.480 e. The van der Waals surface area contributed by atoms with Crippen LogP contribution < -0.4 is 22.1 Å². The molecule has 13 heteroatoms. The van der Waals surface area contributed by atoms with Crippen LogP contribution in [0.2, 0.25) is 0 Å². The number of pyridine rings is 1. The predicted molar refractivity (Wildman–Crippen MR) is 193 cm³/mol. The van der Waals surface area contributed by atoms with Gasteiger partial charge in [0.15, 0.2) is 0 Å². The Morgan fingerprint density at radius 2 is 1.75 bits per heavy atom. The van der Waals surface area contributed by atoms with Gasteiger partial charge in [-0.25, -0.2) is 9.97 Å². The lowest BCUT2D eigenvalue weighted by atomic mass is 10.1. The van der Waals surface area contributed by atoms with Gasteiger partial charge in [0, 0.05) is 73.8 Å². The fourth-order valence-corrected chi connectivity index (χ4v) is 4.91. The second kappa shape index (κ2) is 19.4. The Bertz CT molecular complexity index is 1580. The number of benzene rings is 2. The summed E-state index contributed by atoms with van der Waals surface area (Å²) in [5.74, 6) is -0.600. The molecule has 1 aliphatic rings. The Labute approximate surface area is 288 Å². The molecule has 12 nitrogen and oxygen atoms in total. The van der Waals surface area contributed by atoms with E-state index in [1.807, 2.05) is 67.6 Å². The first kappa shape index (κ1) is 38.0. The van der Waals surface area contributed by atoms with E-state index >= 15 is 0 Å². The molecule has 2 aromatic heterocycles. The minimum atomic E-state index is -0.933. The van der Waals surface area contributed by atoms with E-state index in [1.54, 1.807) is 18.6 Å². The summed E-state index contributed by atoms with van der Waals surface area (Å²) in [5, 5.41) is 14.6. The number of halogens is 1. The third-order valence-corrected chi connectivity index (χ3v) is 7.86. The number of hydrogen-bond acceptors (Lipinski definition) is 10. The molecule has 1 aliphatic heterocycles. The second-order valence-corrected chi connectivity index (χ2v) is 11.6. The summed E-state index contributed by atoms with van der Waals surface area (Å²) in [5.41, 5.74) is 16.5. The number of amides is 1. The summed E-state index contributed by atoms with van der Waals surface area (Å²) >= 11 is 0. The lowest BCUT2D eigenvalue weighted by molar-refractivity contribution is -0.138. The molecule has 5 rings (SSSR count). The molecule has 1 atom stereocenters. The van der Waals surface area contributed by atoms with Gasteiger partial charge in [-0.3, -0.25) is 19.5 Å². The van der Waals surface area contributed by atoms with Gasteiger partial charge in [-0.2, -0.15) is 0 Å². The van der Waals surface area contributed by atoms with Crippen LogP contribution in [0.3, 0.4) is 0 Å². The van der Waals surface area contributed by atoms with E-state index in [2.05, 4.69) is 42.4 Å². The Morgan fingerprint density at radius 1 is 1.00 bits per heavy atom. The number of carboxylic acid groups (broad SMARTS) is 1. The Hall–Kier alpha value is -4.46. The quantitative estimate of drug-likeness (QED) is 0.133. The molecular formula is C35H46ClN9O3. The van der Waals surface area contributed by atoms with Gasteiger partial charge in [0.05, 0.1) is 5.69 Å². The molecule has 48 heavy (non-hydrogen) atoms. The number of carbonyl (C=O) groups excluding carboxylic acids is 1. The topological polar surface area (TPSA) is 176 Å². The van der Waals surface area contributed by atoms with E-state index in [0.717, 1.165) is 68.1 Å². The maximum atomic E-state index is 12.9. The highest BCUT2D eigenvalue weighted by Gasteiger charge is 2.15. The molecule has 0 saturated carbocycles. The Balaban J connectivity index is 0.000000496. The number of nitrogens with two attached hydrogens (primary N) is 2. The number of nitrogens with zero attached hydrogens (tertiary/aromatic N) is 5. The second-order valence-electron chi connectivity index (χ2n) is 11.6. The number of anilines is 3. The molecule has 0 spiro atoms. The van der Waals surface area contributed by atoms with Crippen LogP contribution in [0.15, 0.2) is 79.3 Å².